The average molecular weight is 267 g/mol. The van der Waals surface area contributed by atoms with E-state index in [0.29, 0.717) is 12.1 Å². The van der Waals surface area contributed by atoms with Crippen LogP contribution in [0.5, 0.6) is 0 Å². The molecule has 0 bridgehead atoms. The van der Waals surface area contributed by atoms with Crippen molar-refractivity contribution in [2.24, 2.45) is 0 Å². The van der Waals surface area contributed by atoms with Gasteiger partial charge in [-0.05, 0) is 29.8 Å². The third-order valence-electron chi connectivity index (χ3n) is 2.88. The third-order valence-corrected chi connectivity index (χ3v) is 2.88. The second-order valence-corrected chi connectivity index (χ2v) is 4.33. The van der Waals surface area contributed by atoms with E-state index in [1.165, 1.54) is 6.39 Å². The number of carbonyl (C=O) groups is 1. The van der Waals surface area contributed by atoms with Gasteiger partial charge < -0.3 is 15.1 Å². The molecule has 3 rings (SSSR count). The Bertz CT molecular complexity index is 722. The van der Waals surface area contributed by atoms with Crippen LogP contribution < -0.4 is 10.6 Å². The van der Waals surface area contributed by atoms with E-state index >= 15 is 0 Å². The highest BCUT2D eigenvalue weighted by atomic mass is 16.3. The second kappa shape index (κ2) is 5.44. The molecule has 2 amide bonds. The number of hydrogen-bond donors (Lipinski definition) is 2. The maximum absolute atomic E-state index is 11.7. The van der Waals surface area contributed by atoms with E-state index in [1.54, 1.807) is 0 Å². The molecule has 2 N–H and O–H groups in total. The molecule has 0 saturated carbocycles. The molecular formula is C15H13N3O2. The maximum atomic E-state index is 11.7. The molecule has 0 unspecified atom stereocenters. The van der Waals surface area contributed by atoms with Crippen molar-refractivity contribution in [1.82, 2.24) is 10.3 Å². The lowest BCUT2D eigenvalue weighted by atomic mass is 10.2. The Labute approximate surface area is 115 Å². The zero-order valence-corrected chi connectivity index (χ0v) is 10.7. The molecule has 5 nitrogen and oxygen atoms in total. The number of hydrogen-bond acceptors (Lipinski definition) is 3. The summed E-state index contributed by atoms with van der Waals surface area (Å²) in [6, 6.07) is 14.7. The Balaban J connectivity index is 1.59. The second-order valence-electron chi connectivity index (χ2n) is 4.33. The van der Waals surface area contributed by atoms with Gasteiger partial charge in [0.15, 0.2) is 12.0 Å². The van der Waals surface area contributed by atoms with E-state index in [2.05, 4.69) is 15.6 Å². The normalized spacial score (nSPS) is 10.4. The molecule has 0 spiro atoms. The molecule has 2 aromatic carbocycles. The highest BCUT2D eigenvalue weighted by Gasteiger charge is 2.03. The fourth-order valence-corrected chi connectivity index (χ4v) is 1.89. The number of carbonyl (C=O) groups excluding carboxylic acids is 1. The van der Waals surface area contributed by atoms with E-state index in [1.807, 2.05) is 48.5 Å². The van der Waals surface area contributed by atoms with E-state index in [0.717, 1.165) is 16.8 Å². The molecule has 0 fully saturated rings. The van der Waals surface area contributed by atoms with Crippen LogP contribution in [-0.2, 0) is 6.54 Å². The highest BCUT2D eigenvalue weighted by Crippen LogP contribution is 2.14. The zero-order valence-electron chi connectivity index (χ0n) is 10.7. The number of benzene rings is 2. The van der Waals surface area contributed by atoms with Gasteiger partial charge in [0.2, 0.25) is 0 Å². The van der Waals surface area contributed by atoms with Gasteiger partial charge in [-0.2, -0.15) is 0 Å². The highest BCUT2D eigenvalue weighted by molar-refractivity contribution is 5.89. The molecule has 3 aromatic rings. The number of oxazole rings is 1. The van der Waals surface area contributed by atoms with Crippen molar-refractivity contribution < 1.29 is 9.21 Å². The fraction of sp³-hybridized carbons (Fsp3) is 0.0667. The first-order chi connectivity index (χ1) is 9.81. The lowest BCUT2D eigenvalue weighted by Gasteiger charge is -2.07. The minimum absolute atomic E-state index is 0.242. The maximum Gasteiger partial charge on any atom is 0.319 e. The van der Waals surface area contributed by atoms with Gasteiger partial charge >= 0.3 is 6.03 Å². The van der Waals surface area contributed by atoms with Gasteiger partial charge in [-0.1, -0.05) is 24.3 Å². The molecule has 1 aromatic heterocycles. The van der Waals surface area contributed by atoms with E-state index in [4.69, 9.17) is 4.42 Å². The molecular weight excluding hydrogens is 254 g/mol. The van der Waals surface area contributed by atoms with Crippen LogP contribution >= 0.6 is 0 Å². The Morgan fingerprint density at radius 3 is 2.85 bits per heavy atom. The van der Waals surface area contributed by atoms with Crippen LogP contribution in [0.1, 0.15) is 5.56 Å². The summed E-state index contributed by atoms with van der Waals surface area (Å²) < 4.78 is 5.22. The predicted molar refractivity (Wildman–Crippen MR) is 76.3 cm³/mol. The summed E-state index contributed by atoms with van der Waals surface area (Å²) in [5.74, 6) is 0. The molecule has 0 atom stereocenters. The first kappa shape index (κ1) is 12.2. The van der Waals surface area contributed by atoms with Crippen molar-refractivity contribution in [2.75, 3.05) is 5.32 Å². The SMILES string of the molecule is O=C(NCc1ccc2ncoc2c1)Nc1ccccc1. The molecule has 0 aliphatic carbocycles. The van der Waals surface area contributed by atoms with Crippen LogP contribution in [0.25, 0.3) is 11.1 Å². The fourth-order valence-electron chi connectivity index (χ4n) is 1.89. The molecule has 0 aliphatic heterocycles. The van der Waals surface area contributed by atoms with Gasteiger partial charge in [0, 0.05) is 12.2 Å². The number of urea groups is 1. The van der Waals surface area contributed by atoms with E-state index in [9.17, 15) is 4.79 Å². The molecule has 0 saturated heterocycles. The lowest BCUT2D eigenvalue weighted by Crippen LogP contribution is -2.28. The first-order valence-electron chi connectivity index (χ1n) is 6.23. The Kier molecular flexibility index (Phi) is 3.33. The zero-order chi connectivity index (χ0) is 13.8. The van der Waals surface area contributed by atoms with E-state index in [-0.39, 0.29) is 6.03 Å². The third kappa shape index (κ3) is 2.77. The van der Waals surface area contributed by atoms with Crippen LogP contribution in [0.15, 0.2) is 59.3 Å². The van der Waals surface area contributed by atoms with E-state index < -0.39 is 0 Å². The van der Waals surface area contributed by atoms with Crippen molar-refractivity contribution in [2.45, 2.75) is 6.54 Å². The van der Waals surface area contributed by atoms with Crippen LogP contribution in [0, 0.1) is 0 Å². The quantitative estimate of drug-likeness (QED) is 0.766. The van der Waals surface area contributed by atoms with Crippen molar-refractivity contribution in [3.63, 3.8) is 0 Å². The number of anilines is 1. The number of nitrogens with zero attached hydrogens (tertiary/aromatic N) is 1. The summed E-state index contributed by atoms with van der Waals surface area (Å²) in [5, 5.41) is 5.55. The van der Waals surface area contributed by atoms with Crippen LogP contribution in [-0.4, -0.2) is 11.0 Å². The topological polar surface area (TPSA) is 67.2 Å². The molecule has 100 valence electrons. The van der Waals surface area contributed by atoms with Crippen molar-refractivity contribution in [3.8, 4) is 0 Å². The number of amides is 2. The molecule has 0 aliphatic rings. The Morgan fingerprint density at radius 2 is 2.00 bits per heavy atom. The van der Waals surface area contributed by atoms with Gasteiger partial charge in [0.25, 0.3) is 0 Å². The number of aromatic nitrogens is 1. The predicted octanol–water partition coefficient (Wildman–Crippen LogP) is 3.15. The standard InChI is InChI=1S/C15H13N3O2/c19-15(18-12-4-2-1-3-5-12)16-9-11-6-7-13-14(8-11)20-10-17-13/h1-8,10H,9H2,(H2,16,18,19). The largest absolute Gasteiger partial charge is 0.443 e. The van der Waals surface area contributed by atoms with Gasteiger partial charge in [-0.25, -0.2) is 9.78 Å². The minimum Gasteiger partial charge on any atom is -0.443 e. The summed E-state index contributed by atoms with van der Waals surface area (Å²) in [4.78, 5) is 15.8. The van der Waals surface area contributed by atoms with Crippen LogP contribution in [0.2, 0.25) is 0 Å². The number of para-hydroxylation sites is 1. The Morgan fingerprint density at radius 1 is 1.15 bits per heavy atom. The molecule has 20 heavy (non-hydrogen) atoms. The monoisotopic (exact) mass is 267 g/mol. The summed E-state index contributed by atoms with van der Waals surface area (Å²) >= 11 is 0. The Hall–Kier alpha value is -2.82. The van der Waals surface area contributed by atoms with Gasteiger partial charge in [0.1, 0.15) is 5.52 Å². The number of fused-ring (bicyclic) bond motifs is 1. The summed E-state index contributed by atoms with van der Waals surface area (Å²) in [6.07, 6.45) is 1.41. The van der Waals surface area contributed by atoms with Crippen LogP contribution in [0.4, 0.5) is 10.5 Å². The van der Waals surface area contributed by atoms with Crippen LogP contribution in [0.3, 0.4) is 0 Å². The molecule has 5 heteroatoms. The number of rotatable bonds is 3. The van der Waals surface area contributed by atoms with Gasteiger partial charge in [0.05, 0.1) is 0 Å². The van der Waals surface area contributed by atoms with Crippen molar-refractivity contribution in [1.29, 1.82) is 0 Å². The van der Waals surface area contributed by atoms with Gasteiger partial charge in [-0.15, -0.1) is 0 Å². The molecule has 0 radical (unpaired) electrons. The smallest absolute Gasteiger partial charge is 0.319 e. The summed E-state index contributed by atoms with van der Waals surface area (Å²) in [7, 11) is 0. The number of nitrogens with one attached hydrogen (secondary N) is 2. The molecule has 1 heterocycles. The summed E-state index contributed by atoms with van der Waals surface area (Å²) in [6.45, 7) is 0.426. The lowest BCUT2D eigenvalue weighted by molar-refractivity contribution is 0.251. The van der Waals surface area contributed by atoms with Crippen molar-refractivity contribution in [3.05, 3.63) is 60.5 Å². The van der Waals surface area contributed by atoms with Gasteiger partial charge in [-0.3, -0.25) is 0 Å². The minimum atomic E-state index is -0.242. The van der Waals surface area contributed by atoms with Crippen molar-refractivity contribution >= 4 is 22.8 Å². The first-order valence-corrected chi connectivity index (χ1v) is 6.23. The summed E-state index contributed by atoms with van der Waals surface area (Å²) in [5.41, 5.74) is 3.24. The average Bonchev–Trinajstić information content (AvgIpc) is 2.93.